The standard InChI is InChI=1S/C17H15OP/c18-19(14-7-2-1-3-8-14)11-10-16-15-9-5-4-6-13(15)12-17(16)19/h1-10,17H,11-12H2. The highest BCUT2D eigenvalue weighted by atomic mass is 31.2. The Morgan fingerprint density at radius 3 is 2.53 bits per heavy atom. The second kappa shape index (κ2) is 3.95. The lowest BCUT2D eigenvalue weighted by atomic mass is 10.1. The van der Waals surface area contributed by atoms with Crippen LogP contribution in [-0.4, -0.2) is 11.8 Å². The molecule has 1 aliphatic carbocycles. The molecule has 0 amide bonds. The highest BCUT2D eigenvalue weighted by molar-refractivity contribution is 7.73. The molecule has 2 heteroatoms. The van der Waals surface area contributed by atoms with Gasteiger partial charge in [-0.15, -0.1) is 0 Å². The number of allylic oxidation sites excluding steroid dienone is 2. The average molecular weight is 266 g/mol. The topological polar surface area (TPSA) is 17.1 Å². The van der Waals surface area contributed by atoms with Crippen LogP contribution in [0.3, 0.4) is 0 Å². The van der Waals surface area contributed by atoms with E-state index in [1.165, 1.54) is 16.7 Å². The van der Waals surface area contributed by atoms with Crippen LogP contribution in [-0.2, 0) is 11.0 Å². The van der Waals surface area contributed by atoms with Crippen LogP contribution in [0.5, 0.6) is 0 Å². The third kappa shape index (κ3) is 1.52. The van der Waals surface area contributed by atoms with Gasteiger partial charge in [-0.1, -0.05) is 60.7 Å². The first-order chi connectivity index (χ1) is 9.29. The van der Waals surface area contributed by atoms with Crippen molar-refractivity contribution >= 4 is 18.0 Å². The van der Waals surface area contributed by atoms with Gasteiger partial charge in [0, 0.05) is 17.1 Å². The molecular weight excluding hydrogens is 251 g/mol. The van der Waals surface area contributed by atoms with E-state index in [4.69, 9.17) is 0 Å². The first-order valence-electron chi connectivity index (χ1n) is 6.72. The van der Waals surface area contributed by atoms with Crippen molar-refractivity contribution in [2.75, 3.05) is 6.16 Å². The fraction of sp³-hybridized carbons (Fsp3) is 0.176. The second-order valence-electron chi connectivity index (χ2n) is 5.35. The van der Waals surface area contributed by atoms with Gasteiger partial charge in [-0.3, -0.25) is 0 Å². The van der Waals surface area contributed by atoms with Gasteiger partial charge in [-0.2, -0.15) is 0 Å². The quantitative estimate of drug-likeness (QED) is 0.719. The Balaban J connectivity index is 1.82. The summed E-state index contributed by atoms with van der Waals surface area (Å²) in [6.45, 7) is 0. The maximum Gasteiger partial charge on any atom is 0.126 e. The maximum absolute atomic E-state index is 13.4. The Labute approximate surface area is 113 Å². The molecule has 0 bridgehead atoms. The van der Waals surface area contributed by atoms with Crippen molar-refractivity contribution in [3.05, 3.63) is 71.8 Å². The number of hydrogen-bond donors (Lipinski definition) is 0. The lowest BCUT2D eigenvalue weighted by molar-refractivity contribution is 0.580. The zero-order valence-electron chi connectivity index (χ0n) is 10.6. The van der Waals surface area contributed by atoms with Gasteiger partial charge >= 0.3 is 0 Å². The summed E-state index contributed by atoms with van der Waals surface area (Å²) in [4.78, 5) is 0. The largest absolute Gasteiger partial charge is 0.318 e. The SMILES string of the molecule is O=P1(c2ccccc2)CC=C2c3ccccc3CC21. The monoisotopic (exact) mass is 266 g/mol. The van der Waals surface area contributed by atoms with Crippen LogP contribution in [0.4, 0.5) is 0 Å². The van der Waals surface area contributed by atoms with E-state index in [0.717, 1.165) is 17.9 Å². The van der Waals surface area contributed by atoms with Crippen LogP contribution in [0.15, 0.2) is 60.7 Å². The second-order valence-corrected chi connectivity index (χ2v) is 8.45. The fourth-order valence-corrected chi connectivity index (χ4v) is 6.58. The summed E-state index contributed by atoms with van der Waals surface area (Å²) in [5.41, 5.74) is 4.21. The molecule has 0 radical (unpaired) electrons. The minimum absolute atomic E-state index is 0.215. The molecule has 0 N–H and O–H groups in total. The van der Waals surface area contributed by atoms with Crippen molar-refractivity contribution in [1.29, 1.82) is 0 Å². The molecule has 1 nitrogen and oxygen atoms in total. The highest BCUT2D eigenvalue weighted by Crippen LogP contribution is 2.62. The molecular formula is C17H15OP. The summed E-state index contributed by atoms with van der Waals surface area (Å²) in [7, 11) is -2.30. The third-order valence-corrected chi connectivity index (χ3v) is 7.74. The van der Waals surface area contributed by atoms with E-state index in [-0.39, 0.29) is 5.66 Å². The smallest absolute Gasteiger partial charge is 0.126 e. The summed E-state index contributed by atoms with van der Waals surface area (Å²) in [5, 5.41) is 1.04. The van der Waals surface area contributed by atoms with Crippen LogP contribution >= 0.6 is 7.14 Å². The Kier molecular flexibility index (Phi) is 2.34. The molecule has 1 aliphatic heterocycles. The predicted molar refractivity (Wildman–Crippen MR) is 80.5 cm³/mol. The van der Waals surface area contributed by atoms with Gasteiger partial charge in [-0.05, 0) is 23.1 Å². The minimum Gasteiger partial charge on any atom is -0.318 e. The molecule has 4 rings (SSSR count). The van der Waals surface area contributed by atoms with Gasteiger partial charge in [-0.25, -0.2) is 0 Å². The van der Waals surface area contributed by atoms with E-state index in [1.807, 2.05) is 30.3 Å². The van der Waals surface area contributed by atoms with E-state index < -0.39 is 7.14 Å². The number of rotatable bonds is 1. The Morgan fingerprint density at radius 2 is 1.68 bits per heavy atom. The molecule has 0 saturated heterocycles. The first-order valence-corrected chi connectivity index (χ1v) is 8.68. The minimum atomic E-state index is -2.30. The summed E-state index contributed by atoms with van der Waals surface area (Å²) < 4.78 is 13.4. The Hall–Kier alpha value is -1.59. The third-order valence-electron chi connectivity index (χ3n) is 4.38. The van der Waals surface area contributed by atoms with Crippen molar-refractivity contribution in [2.24, 2.45) is 0 Å². The number of fused-ring (bicyclic) bond motifs is 3. The van der Waals surface area contributed by atoms with Gasteiger partial charge in [0.25, 0.3) is 0 Å². The maximum atomic E-state index is 13.4. The molecule has 1 heterocycles. The Bertz CT molecular complexity index is 715. The van der Waals surface area contributed by atoms with E-state index in [9.17, 15) is 4.57 Å². The van der Waals surface area contributed by atoms with Crippen molar-refractivity contribution in [3.63, 3.8) is 0 Å². The zero-order valence-corrected chi connectivity index (χ0v) is 11.5. The van der Waals surface area contributed by atoms with E-state index in [0.29, 0.717) is 0 Å². The van der Waals surface area contributed by atoms with Crippen LogP contribution in [0.2, 0.25) is 0 Å². The summed E-state index contributed by atoms with van der Waals surface area (Å²) in [5.74, 6) is 0. The fourth-order valence-electron chi connectivity index (χ4n) is 3.42. The molecule has 2 aromatic carbocycles. The highest BCUT2D eigenvalue weighted by Gasteiger charge is 2.44. The number of hydrogen-bond acceptors (Lipinski definition) is 1. The molecule has 0 spiro atoms. The molecule has 19 heavy (non-hydrogen) atoms. The van der Waals surface area contributed by atoms with Crippen LogP contribution in [0.25, 0.3) is 5.57 Å². The summed E-state index contributed by atoms with van der Waals surface area (Å²) in [6, 6.07) is 18.5. The molecule has 2 unspecified atom stereocenters. The molecule has 0 fully saturated rings. The van der Waals surface area contributed by atoms with Crippen molar-refractivity contribution < 1.29 is 4.57 Å². The van der Waals surface area contributed by atoms with Crippen LogP contribution in [0.1, 0.15) is 11.1 Å². The van der Waals surface area contributed by atoms with E-state index in [1.54, 1.807) is 0 Å². The lowest BCUT2D eigenvalue weighted by Crippen LogP contribution is -2.15. The van der Waals surface area contributed by atoms with Gasteiger partial charge in [0.15, 0.2) is 0 Å². The van der Waals surface area contributed by atoms with Crippen LogP contribution < -0.4 is 5.30 Å². The van der Waals surface area contributed by atoms with Gasteiger partial charge in [0.2, 0.25) is 0 Å². The van der Waals surface area contributed by atoms with E-state index in [2.05, 4.69) is 30.3 Å². The van der Waals surface area contributed by atoms with Crippen molar-refractivity contribution in [2.45, 2.75) is 12.1 Å². The molecule has 2 atom stereocenters. The normalized spacial score (nSPS) is 27.8. The molecule has 94 valence electrons. The van der Waals surface area contributed by atoms with E-state index >= 15 is 0 Å². The Morgan fingerprint density at radius 1 is 0.947 bits per heavy atom. The summed E-state index contributed by atoms with van der Waals surface area (Å²) in [6.07, 6.45) is 3.88. The van der Waals surface area contributed by atoms with Crippen molar-refractivity contribution in [3.8, 4) is 0 Å². The average Bonchev–Trinajstić information content (AvgIpc) is 2.99. The first kappa shape index (κ1) is 11.3. The summed E-state index contributed by atoms with van der Waals surface area (Å²) >= 11 is 0. The number of benzene rings is 2. The molecule has 0 saturated carbocycles. The van der Waals surface area contributed by atoms with Gasteiger partial charge < -0.3 is 4.57 Å². The van der Waals surface area contributed by atoms with Crippen molar-refractivity contribution in [1.82, 2.24) is 0 Å². The predicted octanol–water partition coefficient (Wildman–Crippen LogP) is 3.70. The van der Waals surface area contributed by atoms with Gasteiger partial charge in [0.1, 0.15) is 7.14 Å². The lowest BCUT2D eigenvalue weighted by Gasteiger charge is -2.19. The van der Waals surface area contributed by atoms with Gasteiger partial charge in [0.05, 0.1) is 0 Å². The molecule has 2 aromatic rings. The molecule has 0 aromatic heterocycles. The molecule has 2 aliphatic rings. The zero-order chi connectivity index (χ0) is 12.9. The van der Waals surface area contributed by atoms with Crippen LogP contribution in [0, 0.1) is 0 Å².